The zero-order chi connectivity index (χ0) is 23.9. The molecular weight excluding hydrogens is 501 g/mol. The minimum atomic E-state index is -3.94. The largest absolute Gasteiger partial charge is 0.474 e. The number of hydrogen-bond acceptors (Lipinski definition) is 7. The molecule has 34 heavy (non-hydrogen) atoms. The van der Waals surface area contributed by atoms with Gasteiger partial charge < -0.3 is 9.84 Å². The number of benzene rings is 2. The first-order chi connectivity index (χ1) is 16.3. The summed E-state index contributed by atoms with van der Waals surface area (Å²) in [5, 5.41) is 17.6. The van der Waals surface area contributed by atoms with E-state index < -0.39 is 10.0 Å². The van der Waals surface area contributed by atoms with Crippen LogP contribution in [-0.4, -0.2) is 45.9 Å². The molecular formula is C22H19Cl2N5O4S. The van der Waals surface area contributed by atoms with Gasteiger partial charge in [0.05, 0.1) is 17.3 Å². The third-order valence-electron chi connectivity index (χ3n) is 5.49. The number of sulfonamides is 1. The number of H-pyrrole nitrogens is 1. The number of anilines is 1. The van der Waals surface area contributed by atoms with E-state index in [4.69, 9.17) is 27.9 Å². The van der Waals surface area contributed by atoms with Crippen molar-refractivity contribution in [2.45, 2.75) is 36.4 Å². The molecule has 1 saturated carbocycles. The molecule has 2 atom stereocenters. The lowest BCUT2D eigenvalue weighted by molar-refractivity contribution is 0.148. The number of hydrogen-bond donors (Lipinski definition) is 3. The summed E-state index contributed by atoms with van der Waals surface area (Å²) in [5.41, 5.74) is 1.49. The number of aliphatic hydroxyl groups is 1. The second-order valence-electron chi connectivity index (χ2n) is 7.95. The molecule has 0 bridgehead atoms. The second kappa shape index (κ2) is 9.03. The van der Waals surface area contributed by atoms with Crippen LogP contribution in [0.5, 0.6) is 5.88 Å². The molecule has 12 heteroatoms. The predicted octanol–water partition coefficient (Wildman–Crippen LogP) is 4.42. The van der Waals surface area contributed by atoms with E-state index in [-0.39, 0.29) is 27.1 Å². The van der Waals surface area contributed by atoms with Crippen molar-refractivity contribution < 1.29 is 18.3 Å². The Bertz CT molecular complexity index is 1460. The summed E-state index contributed by atoms with van der Waals surface area (Å²) in [6, 6.07) is 10.8. The lowest BCUT2D eigenvalue weighted by Crippen LogP contribution is -2.14. The molecule has 1 aliphatic rings. The first-order valence-electron chi connectivity index (χ1n) is 10.4. The average molecular weight is 520 g/mol. The number of aromatic amines is 1. The van der Waals surface area contributed by atoms with Crippen LogP contribution in [0.4, 0.5) is 5.69 Å². The van der Waals surface area contributed by atoms with Crippen LogP contribution >= 0.6 is 23.2 Å². The molecule has 0 radical (unpaired) electrons. The monoisotopic (exact) mass is 519 g/mol. The quantitative estimate of drug-likeness (QED) is 0.343. The first-order valence-corrected chi connectivity index (χ1v) is 12.7. The number of ether oxygens (including phenoxy) is 1. The minimum Gasteiger partial charge on any atom is -0.474 e. The molecule has 2 heterocycles. The summed E-state index contributed by atoms with van der Waals surface area (Å²) < 4.78 is 34.1. The van der Waals surface area contributed by atoms with E-state index in [1.54, 1.807) is 30.5 Å². The van der Waals surface area contributed by atoms with E-state index >= 15 is 0 Å². The minimum absolute atomic E-state index is 0.0668. The Labute approximate surface area is 205 Å². The second-order valence-corrected chi connectivity index (χ2v) is 10.4. The predicted molar refractivity (Wildman–Crippen MR) is 129 cm³/mol. The molecule has 2 unspecified atom stereocenters. The number of aromatic nitrogens is 4. The Kier molecular flexibility index (Phi) is 6.07. The zero-order valence-electron chi connectivity index (χ0n) is 17.6. The lowest BCUT2D eigenvalue weighted by atomic mass is 10.2. The molecule has 5 rings (SSSR count). The maximum Gasteiger partial charge on any atom is 0.263 e. The van der Waals surface area contributed by atoms with E-state index in [0.29, 0.717) is 46.8 Å². The van der Waals surface area contributed by atoms with Gasteiger partial charge in [-0.15, -0.1) is 0 Å². The molecule has 176 valence electrons. The Morgan fingerprint density at radius 3 is 2.62 bits per heavy atom. The van der Waals surface area contributed by atoms with Gasteiger partial charge >= 0.3 is 0 Å². The van der Waals surface area contributed by atoms with Crippen molar-refractivity contribution in [3.63, 3.8) is 0 Å². The number of nitrogens with zero attached hydrogens (tertiary/aromatic N) is 3. The highest BCUT2D eigenvalue weighted by atomic mass is 35.5. The van der Waals surface area contributed by atoms with Gasteiger partial charge in [-0.2, -0.15) is 10.1 Å². The standard InChI is InChI=1S/C22H19Cl2N5O4S/c23-13-3-8-18(24)19(9-13)34(31,32)29-14-4-1-12(2-5-14)20-26-21-17(11-25-28-21)22(27-20)33-16-7-6-15(30)10-16/h1-5,8-9,11,15-16,29-30H,6-7,10H2,(H,25,26,27,28). The summed E-state index contributed by atoms with van der Waals surface area (Å²) in [6.07, 6.45) is 3.07. The molecule has 2 aromatic carbocycles. The van der Waals surface area contributed by atoms with Crippen LogP contribution in [-0.2, 0) is 10.0 Å². The highest BCUT2D eigenvalue weighted by Gasteiger charge is 2.26. The van der Waals surface area contributed by atoms with Gasteiger partial charge in [0, 0.05) is 22.7 Å². The van der Waals surface area contributed by atoms with E-state index in [2.05, 4.69) is 24.9 Å². The van der Waals surface area contributed by atoms with Crippen molar-refractivity contribution in [2.24, 2.45) is 0 Å². The molecule has 2 aromatic heterocycles. The summed E-state index contributed by atoms with van der Waals surface area (Å²) >= 11 is 12.0. The molecule has 1 fully saturated rings. The Hall–Kier alpha value is -2.92. The molecule has 0 saturated heterocycles. The van der Waals surface area contributed by atoms with E-state index in [0.717, 1.165) is 6.42 Å². The van der Waals surface area contributed by atoms with Crippen molar-refractivity contribution in [2.75, 3.05) is 4.72 Å². The highest BCUT2D eigenvalue weighted by molar-refractivity contribution is 7.92. The topological polar surface area (TPSA) is 130 Å². The number of fused-ring (bicyclic) bond motifs is 1. The fourth-order valence-corrected chi connectivity index (χ4v) is 5.61. The van der Waals surface area contributed by atoms with Crippen LogP contribution in [0.25, 0.3) is 22.4 Å². The molecule has 4 aromatic rings. The third kappa shape index (κ3) is 4.67. The number of rotatable bonds is 6. The molecule has 3 N–H and O–H groups in total. The van der Waals surface area contributed by atoms with Crippen LogP contribution in [0.15, 0.2) is 53.6 Å². The van der Waals surface area contributed by atoms with E-state index in [9.17, 15) is 13.5 Å². The smallest absolute Gasteiger partial charge is 0.263 e. The number of nitrogens with one attached hydrogen (secondary N) is 2. The van der Waals surface area contributed by atoms with E-state index in [1.807, 2.05) is 0 Å². The van der Waals surface area contributed by atoms with Gasteiger partial charge in [0.1, 0.15) is 16.4 Å². The van der Waals surface area contributed by atoms with Crippen molar-refractivity contribution in [3.8, 4) is 17.3 Å². The summed E-state index contributed by atoms with van der Waals surface area (Å²) in [6.45, 7) is 0. The van der Waals surface area contributed by atoms with Crippen molar-refractivity contribution >= 4 is 49.9 Å². The SMILES string of the molecule is O=S(=O)(Nc1ccc(-c2nc(OC3CCC(O)C3)c3cn[nH]c3n2)cc1)c1cc(Cl)ccc1Cl. The maximum atomic E-state index is 12.8. The zero-order valence-corrected chi connectivity index (χ0v) is 19.9. The van der Waals surface area contributed by atoms with Crippen molar-refractivity contribution in [1.29, 1.82) is 0 Å². The van der Waals surface area contributed by atoms with Gasteiger partial charge in [-0.05, 0) is 55.3 Å². The Morgan fingerprint density at radius 2 is 1.88 bits per heavy atom. The maximum absolute atomic E-state index is 12.8. The van der Waals surface area contributed by atoms with Gasteiger partial charge in [-0.1, -0.05) is 23.2 Å². The summed E-state index contributed by atoms with van der Waals surface area (Å²) in [7, 11) is -3.94. The molecule has 0 aliphatic heterocycles. The van der Waals surface area contributed by atoms with Crippen molar-refractivity contribution in [1.82, 2.24) is 20.2 Å². The Morgan fingerprint density at radius 1 is 1.09 bits per heavy atom. The summed E-state index contributed by atoms with van der Waals surface area (Å²) in [4.78, 5) is 8.95. The van der Waals surface area contributed by atoms with Crippen LogP contribution < -0.4 is 9.46 Å². The van der Waals surface area contributed by atoms with Gasteiger partial charge in [-0.3, -0.25) is 9.82 Å². The van der Waals surface area contributed by atoms with Gasteiger partial charge in [-0.25, -0.2) is 13.4 Å². The molecule has 9 nitrogen and oxygen atoms in total. The third-order valence-corrected chi connectivity index (χ3v) is 7.59. The van der Waals surface area contributed by atoms with Crippen LogP contribution in [0, 0.1) is 0 Å². The Balaban J connectivity index is 1.41. The molecule has 0 amide bonds. The van der Waals surface area contributed by atoms with Gasteiger partial charge in [0.15, 0.2) is 11.5 Å². The summed E-state index contributed by atoms with van der Waals surface area (Å²) in [5.74, 6) is 0.769. The number of aliphatic hydroxyl groups excluding tert-OH is 1. The van der Waals surface area contributed by atoms with Crippen LogP contribution in [0.1, 0.15) is 19.3 Å². The molecule has 1 aliphatic carbocycles. The van der Waals surface area contributed by atoms with Crippen molar-refractivity contribution in [3.05, 3.63) is 58.7 Å². The number of halogens is 2. The van der Waals surface area contributed by atoms with Gasteiger partial charge in [0.2, 0.25) is 5.88 Å². The molecule has 0 spiro atoms. The van der Waals surface area contributed by atoms with E-state index in [1.165, 1.54) is 18.2 Å². The first kappa shape index (κ1) is 22.9. The fourth-order valence-electron chi connectivity index (χ4n) is 3.79. The fraction of sp³-hybridized carbons (Fsp3) is 0.227. The van der Waals surface area contributed by atoms with Gasteiger partial charge in [0.25, 0.3) is 10.0 Å². The average Bonchev–Trinajstić information content (AvgIpc) is 3.44. The van der Waals surface area contributed by atoms with Crippen LogP contribution in [0.2, 0.25) is 10.0 Å². The highest BCUT2D eigenvalue weighted by Crippen LogP contribution is 2.31. The van der Waals surface area contributed by atoms with Crippen LogP contribution in [0.3, 0.4) is 0 Å². The lowest BCUT2D eigenvalue weighted by Gasteiger charge is -2.14. The normalized spacial score (nSPS) is 18.3.